The number of aromatic nitrogens is 2. The maximum Gasteiger partial charge on any atom is 0.326 e. The maximum absolute atomic E-state index is 14.0. The lowest BCUT2D eigenvalue weighted by molar-refractivity contribution is -0.149. The quantitative estimate of drug-likeness (QED) is 0.0561. The van der Waals surface area contributed by atoms with E-state index in [4.69, 9.17) is 5.73 Å². The molecule has 0 unspecified atom stereocenters. The van der Waals surface area contributed by atoms with E-state index in [1.54, 1.807) is 44.2 Å². The first-order valence-electron chi connectivity index (χ1n) is 20.9. The number of nitrogens with two attached hydrogens (primary N) is 1. The highest BCUT2D eigenvalue weighted by Crippen LogP contribution is 2.26. The second-order valence-corrected chi connectivity index (χ2v) is 16.0. The molecule has 0 aliphatic carbocycles. The number of hydrogen-bond donors (Lipinski definition) is 10. The number of amides is 8. The van der Waals surface area contributed by atoms with Crippen LogP contribution in [0.5, 0.6) is 0 Å². The molecule has 23 nitrogen and oxygen atoms in total. The van der Waals surface area contributed by atoms with E-state index in [9.17, 15) is 58.2 Å². The Balaban J connectivity index is 1.29. The lowest BCUT2D eigenvalue weighted by Gasteiger charge is -2.34. The molecule has 4 rings (SSSR count). The molecule has 1 aromatic carbocycles. The Hall–Kier alpha value is -6.91. The molecule has 2 aromatic rings. The summed E-state index contributed by atoms with van der Waals surface area (Å²) in [5, 5.41) is 33.5. The van der Waals surface area contributed by atoms with Crippen molar-refractivity contribution in [1.29, 1.82) is 0 Å². The minimum atomic E-state index is -1.69. The van der Waals surface area contributed by atoms with Gasteiger partial charge in [0.1, 0.15) is 36.3 Å². The third-order valence-corrected chi connectivity index (χ3v) is 10.8. The Bertz CT molecular complexity index is 2020. The minimum Gasteiger partial charge on any atom is -0.481 e. The Labute approximate surface area is 368 Å². The van der Waals surface area contributed by atoms with Crippen molar-refractivity contribution >= 4 is 59.2 Å². The van der Waals surface area contributed by atoms with Gasteiger partial charge in [-0.25, -0.2) is 9.78 Å². The van der Waals surface area contributed by atoms with E-state index >= 15 is 0 Å². The van der Waals surface area contributed by atoms with E-state index in [1.165, 1.54) is 29.2 Å². The number of aromatic amines is 1. The van der Waals surface area contributed by atoms with Gasteiger partial charge in [0.25, 0.3) is 0 Å². The van der Waals surface area contributed by atoms with Crippen LogP contribution < -0.4 is 37.6 Å². The molecule has 348 valence electrons. The standard InChI is InChI=1S/C41H57N11O12/c1-22(2)34(40(62)52-14-8-12-30(52)39(61)51-13-7-11-29(51)38(60)49-28(41(63)64)15-24-9-5-4-6-10-24)50-32(54)20-45-37(59)27(17-33(55)56)48-35(57)23(3)47-31(53)19-44-36(58)26(42)16-25-18-43-21-46-25/h4-6,9-10,18,21-23,26-30,34H,7-8,11-17,19-20,42H2,1-3H3,(H,43,46)(H,44,58)(H,45,59)(H,47,53)(H,48,57)(H,49,60)(H,50,54)(H,55,56)(H,63,64)/t23-,26-,27-,28-,29-,30-,34-/m0/s1. The number of imidazole rings is 1. The van der Waals surface area contributed by atoms with Gasteiger partial charge in [0.15, 0.2) is 0 Å². The average molecular weight is 896 g/mol. The number of H-pyrrole nitrogens is 1. The molecule has 1 aromatic heterocycles. The van der Waals surface area contributed by atoms with Crippen molar-refractivity contribution in [3.63, 3.8) is 0 Å². The van der Waals surface area contributed by atoms with Crippen molar-refractivity contribution in [2.45, 2.75) is 108 Å². The number of carbonyl (C=O) groups is 10. The lowest BCUT2D eigenvalue weighted by atomic mass is 10.0. The molecule has 0 bridgehead atoms. The number of nitrogens with zero attached hydrogens (tertiary/aromatic N) is 3. The fourth-order valence-corrected chi connectivity index (χ4v) is 7.37. The van der Waals surface area contributed by atoms with Crippen LogP contribution in [0.15, 0.2) is 42.9 Å². The monoisotopic (exact) mass is 895 g/mol. The summed E-state index contributed by atoms with van der Waals surface area (Å²) in [5.41, 5.74) is 7.15. The number of nitrogens with one attached hydrogen (secondary N) is 7. The summed E-state index contributed by atoms with van der Waals surface area (Å²) in [6.45, 7) is 3.70. The largest absolute Gasteiger partial charge is 0.481 e. The van der Waals surface area contributed by atoms with Crippen LogP contribution in [-0.2, 0) is 60.8 Å². The summed E-state index contributed by atoms with van der Waals surface area (Å²) in [6.07, 6.45) is 3.69. The van der Waals surface area contributed by atoms with E-state index in [-0.39, 0.29) is 32.4 Å². The third kappa shape index (κ3) is 14.3. The highest BCUT2D eigenvalue weighted by Gasteiger charge is 2.44. The SMILES string of the molecule is CC(C)[C@H](NC(=O)CNC(=O)[C@H](CC(=O)O)NC(=O)[C@H](C)NC(=O)CNC(=O)[C@@H](N)Cc1cnc[nH]1)C(=O)N1CCC[C@H]1C(=O)N1CCC[C@H]1C(=O)N[C@@H](Cc1ccccc1)C(=O)O. The molecule has 23 heteroatoms. The maximum atomic E-state index is 14.0. The summed E-state index contributed by atoms with van der Waals surface area (Å²) in [6, 6.07) is 0.489. The van der Waals surface area contributed by atoms with Crippen LogP contribution in [0.3, 0.4) is 0 Å². The Morgan fingerprint density at radius 3 is 2.00 bits per heavy atom. The van der Waals surface area contributed by atoms with Crippen LogP contribution in [0, 0.1) is 5.92 Å². The predicted octanol–water partition coefficient (Wildman–Crippen LogP) is -3.09. The summed E-state index contributed by atoms with van der Waals surface area (Å²) in [5.74, 6) is -9.15. The summed E-state index contributed by atoms with van der Waals surface area (Å²) in [7, 11) is 0. The van der Waals surface area contributed by atoms with Crippen molar-refractivity contribution in [2.24, 2.45) is 11.7 Å². The second kappa shape index (κ2) is 23.5. The number of carboxylic acid groups (broad SMARTS) is 2. The lowest BCUT2D eigenvalue weighted by Crippen LogP contribution is -2.59. The number of hydrogen-bond acceptors (Lipinski definition) is 12. The van der Waals surface area contributed by atoms with Gasteiger partial charge < -0.3 is 62.6 Å². The van der Waals surface area contributed by atoms with E-state index < -0.39 is 127 Å². The first-order chi connectivity index (χ1) is 30.4. The van der Waals surface area contributed by atoms with Crippen LogP contribution in [0.4, 0.5) is 0 Å². The zero-order valence-corrected chi connectivity index (χ0v) is 35.8. The molecule has 11 N–H and O–H groups in total. The fraction of sp³-hybridized carbons (Fsp3) is 0.537. The zero-order chi connectivity index (χ0) is 47.1. The molecule has 0 radical (unpaired) electrons. The topological polar surface area (TPSA) is 345 Å². The second-order valence-electron chi connectivity index (χ2n) is 16.0. The highest BCUT2D eigenvalue weighted by atomic mass is 16.4. The molecule has 8 amide bonds. The molecule has 2 aliphatic rings. The smallest absolute Gasteiger partial charge is 0.326 e. The molecule has 0 spiro atoms. The molecule has 3 heterocycles. The molecular formula is C41H57N11O12. The molecule has 7 atom stereocenters. The molecule has 0 saturated carbocycles. The highest BCUT2D eigenvalue weighted by molar-refractivity contribution is 5.98. The molecular weight excluding hydrogens is 839 g/mol. The average Bonchev–Trinajstić information content (AvgIpc) is 4.06. The van der Waals surface area contributed by atoms with Crippen molar-refractivity contribution < 1.29 is 58.2 Å². The van der Waals surface area contributed by atoms with Gasteiger partial charge >= 0.3 is 11.9 Å². The zero-order valence-electron chi connectivity index (χ0n) is 35.8. The number of aliphatic carboxylic acids is 2. The summed E-state index contributed by atoms with van der Waals surface area (Å²) < 4.78 is 0. The van der Waals surface area contributed by atoms with Gasteiger partial charge in [-0.3, -0.25) is 43.2 Å². The minimum absolute atomic E-state index is 0.0371. The van der Waals surface area contributed by atoms with Gasteiger partial charge in [-0.15, -0.1) is 0 Å². The Kier molecular flexibility index (Phi) is 18.3. The van der Waals surface area contributed by atoms with Crippen molar-refractivity contribution in [1.82, 2.24) is 51.7 Å². The number of benzene rings is 1. The van der Waals surface area contributed by atoms with Gasteiger partial charge in [0, 0.05) is 37.8 Å². The Morgan fingerprint density at radius 2 is 1.39 bits per heavy atom. The van der Waals surface area contributed by atoms with Gasteiger partial charge in [0.2, 0.25) is 47.3 Å². The van der Waals surface area contributed by atoms with E-state index in [2.05, 4.69) is 41.9 Å². The van der Waals surface area contributed by atoms with Crippen molar-refractivity contribution in [3.05, 3.63) is 54.1 Å². The number of carbonyl (C=O) groups excluding carboxylic acids is 8. The normalized spacial score (nSPS) is 18.1. The van der Waals surface area contributed by atoms with Crippen LogP contribution in [0.2, 0.25) is 0 Å². The van der Waals surface area contributed by atoms with E-state index in [0.29, 0.717) is 30.5 Å². The van der Waals surface area contributed by atoms with Crippen LogP contribution in [0.1, 0.15) is 64.1 Å². The predicted molar refractivity (Wildman–Crippen MR) is 224 cm³/mol. The summed E-state index contributed by atoms with van der Waals surface area (Å²) >= 11 is 0. The molecule has 2 fully saturated rings. The van der Waals surface area contributed by atoms with Gasteiger partial charge in [0.05, 0.1) is 31.9 Å². The van der Waals surface area contributed by atoms with E-state index in [0.717, 1.165) is 0 Å². The van der Waals surface area contributed by atoms with Crippen LogP contribution in [-0.4, -0.2) is 158 Å². The molecule has 2 aliphatic heterocycles. The first-order valence-corrected chi connectivity index (χ1v) is 20.9. The third-order valence-electron chi connectivity index (χ3n) is 10.8. The molecule has 2 saturated heterocycles. The fourth-order valence-electron chi connectivity index (χ4n) is 7.37. The van der Waals surface area contributed by atoms with E-state index in [1.807, 2.05) is 0 Å². The van der Waals surface area contributed by atoms with Gasteiger partial charge in [-0.2, -0.15) is 0 Å². The van der Waals surface area contributed by atoms with Gasteiger partial charge in [-0.05, 0) is 44.1 Å². The first kappa shape index (κ1) is 49.7. The number of rotatable bonds is 22. The van der Waals surface area contributed by atoms with Crippen molar-refractivity contribution in [3.8, 4) is 0 Å². The number of likely N-dealkylation sites (tertiary alicyclic amines) is 2. The number of carboxylic acids is 2. The molecule has 64 heavy (non-hydrogen) atoms. The summed E-state index contributed by atoms with van der Waals surface area (Å²) in [4.78, 5) is 138. The van der Waals surface area contributed by atoms with Gasteiger partial charge in [-0.1, -0.05) is 44.2 Å². The van der Waals surface area contributed by atoms with Crippen LogP contribution in [0.25, 0.3) is 0 Å². The van der Waals surface area contributed by atoms with Crippen molar-refractivity contribution in [2.75, 3.05) is 26.2 Å². The Morgan fingerprint density at radius 1 is 0.766 bits per heavy atom. The van der Waals surface area contributed by atoms with Crippen LogP contribution >= 0.6 is 0 Å².